The van der Waals surface area contributed by atoms with Gasteiger partial charge in [0.25, 0.3) is 10.1 Å². The fourth-order valence-corrected chi connectivity index (χ4v) is 1.75. The molecular weight excluding hydrogens is 219 g/mol. The van der Waals surface area contributed by atoms with E-state index in [1.54, 1.807) is 0 Å². The summed E-state index contributed by atoms with van der Waals surface area (Å²) in [6.45, 7) is 0. The van der Waals surface area contributed by atoms with Crippen molar-refractivity contribution >= 4 is 21.7 Å². The van der Waals surface area contributed by atoms with Gasteiger partial charge in [0, 0.05) is 0 Å². The summed E-state index contributed by atoms with van der Waals surface area (Å²) in [6, 6.07) is 3.67. The minimum absolute atomic E-state index is 0.252. The van der Waals surface area contributed by atoms with Gasteiger partial charge in [-0.2, -0.15) is 8.42 Å². The first-order valence-electron chi connectivity index (χ1n) is 3.23. The predicted octanol–water partition coefficient (Wildman–Crippen LogP) is 1.81. The van der Waals surface area contributed by atoms with Crippen LogP contribution in [-0.2, 0) is 14.3 Å². The maximum absolute atomic E-state index is 13.1. The molecule has 3 nitrogen and oxygen atoms in total. The molecule has 1 aromatic carbocycles. The molecule has 0 saturated heterocycles. The van der Waals surface area contributed by atoms with Crippen LogP contribution in [0.3, 0.4) is 0 Å². The number of hydrogen-bond donors (Lipinski definition) is 0. The Balaban J connectivity index is 3.40. The summed E-state index contributed by atoms with van der Waals surface area (Å²) in [5, 5.41) is -0.252. The van der Waals surface area contributed by atoms with E-state index < -0.39 is 20.8 Å². The normalized spacial score (nSPS) is 11.6. The lowest BCUT2D eigenvalue weighted by molar-refractivity contribution is 0.393. The van der Waals surface area contributed by atoms with Crippen molar-refractivity contribution in [3.05, 3.63) is 29.0 Å². The minimum Gasteiger partial charge on any atom is -0.270 e. The van der Waals surface area contributed by atoms with E-state index in [4.69, 9.17) is 11.6 Å². The summed E-state index contributed by atoms with van der Waals surface area (Å²) in [5.74, 6) is -0.994. The van der Waals surface area contributed by atoms with Crippen molar-refractivity contribution in [2.45, 2.75) is 4.90 Å². The first kappa shape index (κ1) is 10.4. The fourth-order valence-electron chi connectivity index (χ4n) is 0.767. The van der Waals surface area contributed by atoms with Crippen molar-refractivity contribution in [2.75, 3.05) is 7.11 Å². The number of rotatable bonds is 2. The van der Waals surface area contributed by atoms with Gasteiger partial charge < -0.3 is 0 Å². The monoisotopic (exact) mass is 224 g/mol. The first-order valence-corrected chi connectivity index (χ1v) is 5.02. The largest absolute Gasteiger partial charge is 0.299 e. The highest BCUT2D eigenvalue weighted by Gasteiger charge is 2.19. The van der Waals surface area contributed by atoms with Gasteiger partial charge in [0.1, 0.15) is 4.90 Å². The zero-order valence-electron chi connectivity index (χ0n) is 6.62. The van der Waals surface area contributed by atoms with Crippen LogP contribution in [0.5, 0.6) is 0 Å². The number of benzene rings is 1. The lowest BCUT2D eigenvalue weighted by atomic mass is 10.3. The minimum atomic E-state index is -4.01. The summed E-state index contributed by atoms with van der Waals surface area (Å²) in [7, 11) is -3.06. The number of hydrogen-bond acceptors (Lipinski definition) is 3. The number of halogens is 2. The van der Waals surface area contributed by atoms with Crippen molar-refractivity contribution in [3.63, 3.8) is 0 Å². The molecule has 0 fully saturated rings. The van der Waals surface area contributed by atoms with E-state index >= 15 is 0 Å². The summed E-state index contributed by atoms with van der Waals surface area (Å²) >= 11 is 5.38. The Kier molecular flexibility index (Phi) is 2.90. The van der Waals surface area contributed by atoms with E-state index in [9.17, 15) is 12.8 Å². The fraction of sp³-hybridized carbons (Fsp3) is 0.143. The molecule has 0 atom stereocenters. The second-order valence-corrected chi connectivity index (χ2v) is 4.26. The van der Waals surface area contributed by atoms with E-state index in [0.29, 0.717) is 0 Å². The molecule has 0 saturated carbocycles. The van der Waals surface area contributed by atoms with Crippen molar-refractivity contribution in [1.82, 2.24) is 0 Å². The topological polar surface area (TPSA) is 43.4 Å². The molecule has 0 aliphatic carbocycles. The van der Waals surface area contributed by atoms with Gasteiger partial charge in [-0.15, -0.1) is 0 Å². The summed E-state index contributed by atoms with van der Waals surface area (Å²) < 4.78 is 39.3. The van der Waals surface area contributed by atoms with Crippen LogP contribution in [0.2, 0.25) is 5.02 Å². The average molecular weight is 225 g/mol. The molecule has 6 heteroatoms. The molecule has 0 unspecified atom stereocenters. The van der Waals surface area contributed by atoms with E-state index in [0.717, 1.165) is 13.2 Å². The quantitative estimate of drug-likeness (QED) is 0.720. The smallest absolute Gasteiger partial charge is 0.270 e. The molecule has 13 heavy (non-hydrogen) atoms. The van der Waals surface area contributed by atoms with Gasteiger partial charge in [-0.25, -0.2) is 4.39 Å². The first-order chi connectivity index (χ1) is 5.99. The van der Waals surface area contributed by atoms with Crippen LogP contribution in [0.4, 0.5) is 4.39 Å². The highest BCUT2D eigenvalue weighted by atomic mass is 35.5. The molecular formula is C7H6ClFO3S. The summed E-state index contributed by atoms with van der Waals surface area (Å²) in [4.78, 5) is -0.553. The molecule has 0 heterocycles. The van der Waals surface area contributed by atoms with Crippen LogP contribution >= 0.6 is 11.6 Å². The Bertz CT molecular complexity index is 416. The van der Waals surface area contributed by atoms with Crippen LogP contribution in [0.15, 0.2) is 23.1 Å². The summed E-state index contributed by atoms with van der Waals surface area (Å²) in [6.07, 6.45) is 0. The molecule has 0 radical (unpaired) electrons. The zero-order chi connectivity index (χ0) is 10.1. The Hall–Kier alpha value is -0.650. The third-order valence-electron chi connectivity index (χ3n) is 1.40. The third kappa shape index (κ3) is 1.99. The maximum Gasteiger partial charge on any atom is 0.299 e. The Labute approximate surface area is 80.2 Å². The molecule has 0 spiro atoms. The molecule has 0 aromatic heterocycles. The molecule has 1 aromatic rings. The van der Waals surface area contributed by atoms with Crippen LogP contribution in [0.25, 0.3) is 0 Å². The van der Waals surface area contributed by atoms with Gasteiger partial charge in [-0.3, -0.25) is 4.18 Å². The molecule has 0 bridgehead atoms. The highest BCUT2D eigenvalue weighted by Crippen LogP contribution is 2.22. The van der Waals surface area contributed by atoms with Crippen molar-refractivity contribution in [2.24, 2.45) is 0 Å². The van der Waals surface area contributed by atoms with Gasteiger partial charge in [-0.1, -0.05) is 17.7 Å². The van der Waals surface area contributed by atoms with E-state index in [1.807, 2.05) is 0 Å². The Morgan fingerprint density at radius 1 is 1.46 bits per heavy atom. The van der Waals surface area contributed by atoms with E-state index in [1.165, 1.54) is 12.1 Å². The Morgan fingerprint density at radius 3 is 2.62 bits per heavy atom. The molecule has 0 N–H and O–H groups in total. The third-order valence-corrected chi connectivity index (χ3v) is 2.99. The van der Waals surface area contributed by atoms with Crippen LogP contribution in [-0.4, -0.2) is 15.5 Å². The van der Waals surface area contributed by atoms with Crippen molar-refractivity contribution < 1.29 is 17.0 Å². The Morgan fingerprint density at radius 2 is 2.08 bits per heavy atom. The van der Waals surface area contributed by atoms with Gasteiger partial charge in [0.2, 0.25) is 0 Å². The van der Waals surface area contributed by atoms with E-state index in [-0.39, 0.29) is 5.02 Å². The second-order valence-electron chi connectivity index (χ2n) is 2.17. The summed E-state index contributed by atoms with van der Waals surface area (Å²) in [5.41, 5.74) is 0. The van der Waals surface area contributed by atoms with E-state index in [2.05, 4.69) is 4.18 Å². The molecule has 0 amide bonds. The van der Waals surface area contributed by atoms with Crippen molar-refractivity contribution in [1.29, 1.82) is 0 Å². The lowest BCUT2D eigenvalue weighted by Crippen LogP contribution is -2.05. The predicted molar refractivity (Wildman–Crippen MR) is 45.6 cm³/mol. The molecule has 72 valence electrons. The molecule has 1 rings (SSSR count). The van der Waals surface area contributed by atoms with Crippen LogP contribution < -0.4 is 0 Å². The zero-order valence-corrected chi connectivity index (χ0v) is 8.19. The highest BCUT2D eigenvalue weighted by molar-refractivity contribution is 7.86. The SMILES string of the molecule is COS(=O)(=O)c1cccc(Cl)c1F. The van der Waals surface area contributed by atoms with Gasteiger partial charge in [0.15, 0.2) is 5.82 Å². The standard InChI is InChI=1S/C7H6ClFO3S/c1-12-13(10,11)6-4-2-3-5(8)7(6)9/h2-4H,1H3. The van der Waals surface area contributed by atoms with Gasteiger partial charge >= 0.3 is 0 Å². The van der Waals surface area contributed by atoms with Gasteiger partial charge in [0.05, 0.1) is 12.1 Å². The van der Waals surface area contributed by atoms with Crippen LogP contribution in [0, 0.1) is 5.82 Å². The second kappa shape index (κ2) is 3.61. The lowest BCUT2D eigenvalue weighted by Gasteiger charge is -2.02. The maximum atomic E-state index is 13.1. The molecule has 0 aliphatic heterocycles. The molecule has 0 aliphatic rings. The average Bonchev–Trinajstić information content (AvgIpc) is 2.09. The van der Waals surface area contributed by atoms with Gasteiger partial charge in [-0.05, 0) is 12.1 Å². The van der Waals surface area contributed by atoms with Crippen molar-refractivity contribution in [3.8, 4) is 0 Å². The van der Waals surface area contributed by atoms with Crippen LogP contribution in [0.1, 0.15) is 0 Å².